The Bertz CT molecular complexity index is 190. The minimum Gasteiger partial charge on any atom is -0.404 e. The Morgan fingerprint density at radius 1 is 1.70 bits per heavy atom. The summed E-state index contributed by atoms with van der Waals surface area (Å²) in [4.78, 5) is 6.94. The quantitative estimate of drug-likeness (QED) is 0.424. The zero-order valence-corrected chi connectivity index (χ0v) is 5.83. The topological polar surface area (TPSA) is 74.6 Å². The molecule has 0 aliphatic heterocycles. The van der Waals surface area contributed by atoms with Gasteiger partial charge in [0.25, 0.3) is 0 Å². The minimum absolute atomic E-state index is 0.106. The van der Waals surface area contributed by atoms with Crippen molar-refractivity contribution >= 4 is 18.9 Å². The van der Waals surface area contributed by atoms with Crippen LogP contribution in [0, 0.1) is 5.41 Å². The lowest BCUT2D eigenvalue weighted by atomic mass is 10.3. The molecule has 0 heterocycles. The number of amidine groups is 1. The first-order valence-electron chi connectivity index (χ1n) is 2.68. The van der Waals surface area contributed by atoms with Crippen LogP contribution in [0.15, 0.2) is 21.8 Å². The first-order chi connectivity index (χ1) is 4.72. The van der Waals surface area contributed by atoms with E-state index in [1.807, 2.05) is 0 Å². The lowest BCUT2D eigenvalue weighted by molar-refractivity contribution is 1.36. The zero-order chi connectivity index (χ0) is 7.98. The van der Waals surface area contributed by atoms with E-state index in [0.717, 1.165) is 0 Å². The molecule has 10 heavy (non-hydrogen) atoms. The molecular weight excluding hydrogens is 128 g/mol. The number of nitrogens with zero attached hydrogens (tertiary/aromatic N) is 2. The number of nitrogens with two attached hydrogens (primary N) is 1. The molecule has 0 aromatic carbocycles. The third kappa shape index (κ3) is 2.76. The zero-order valence-electron chi connectivity index (χ0n) is 5.83. The van der Waals surface area contributed by atoms with E-state index >= 15 is 0 Å². The van der Waals surface area contributed by atoms with E-state index in [4.69, 9.17) is 11.1 Å². The van der Waals surface area contributed by atoms with Crippen LogP contribution in [-0.2, 0) is 0 Å². The van der Waals surface area contributed by atoms with Crippen molar-refractivity contribution in [2.45, 2.75) is 6.92 Å². The van der Waals surface area contributed by atoms with Crippen LogP contribution >= 0.6 is 0 Å². The number of aliphatic imine (C=N–C) groups is 2. The van der Waals surface area contributed by atoms with Gasteiger partial charge in [-0.2, -0.15) is 0 Å². The van der Waals surface area contributed by atoms with Crippen LogP contribution in [0.4, 0.5) is 0 Å². The Morgan fingerprint density at radius 3 is 2.70 bits per heavy atom. The summed E-state index contributed by atoms with van der Waals surface area (Å²) in [5.41, 5.74) is 5.73. The molecule has 0 fully saturated rings. The van der Waals surface area contributed by atoms with Crippen molar-refractivity contribution in [2.24, 2.45) is 15.7 Å². The molecule has 0 rings (SSSR count). The van der Waals surface area contributed by atoms with Crippen LogP contribution in [0.2, 0.25) is 0 Å². The first-order valence-corrected chi connectivity index (χ1v) is 2.68. The van der Waals surface area contributed by atoms with Gasteiger partial charge in [-0.05, 0) is 13.6 Å². The molecule has 0 aliphatic rings. The lowest BCUT2D eigenvalue weighted by Crippen LogP contribution is -1.96. The maximum absolute atomic E-state index is 7.16. The Balaban J connectivity index is 4.10. The first kappa shape index (κ1) is 8.55. The molecule has 3 N–H and O–H groups in total. The SMILES string of the molecule is C=NC=NC(=N)C(C)=CN. The molecule has 0 spiro atoms. The molecule has 0 amide bonds. The van der Waals surface area contributed by atoms with Crippen LogP contribution in [-0.4, -0.2) is 18.9 Å². The van der Waals surface area contributed by atoms with Gasteiger partial charge in [0.1, 0.15) is 6.34 Å². The molecule has 4 heteroatoms. The van der Waals surface area contributed by atoms with Crippen molar-refractivity contribution in [3.05, 3.63) is 11.8 Å². The molecule has 0 aromatic heterocycles. The van der Waals surface area contributed by atoms with Gasteiger partial charge in [0.05, 0.1) is 0 Å². The molecule has 0 radical (unpaired) electrons. The Morgan fingerprint density at radius 2 is 2.30 bits per heavy atom. The van der Waals surface area contributed by atoms with Crippen LogP contribution in [0.5, 0.6) is 0 Å². The largest absolute Gasteiger partial charge is 0.404 e. The normalized spacial score (nSPS) is 11.9. The third-order valence-electron chi connectivity index (χ3n) is 0.892. The summed E-state index contributed by atoms with van der Waals surface area (Å²) in [6.07, 6.45) is 2.53. The smallest absolute Gasteiger partial charge is 0.150 e. The van der Waals surface area contributed by atoms with E-state index in [0.29, 0.717) is 5.57 Å². The molecule has 0 saturated carbocycles. The van der Waals surface area contributed by atoms with E-state index in [1.165, 1.54) is 12.5 Å². The third-order valence-corrected chi connectivity index (χ3v) is 0.892. The summed E-state index contributed by atoms with van der Waals surface area (Å²) < 4.78 is 0. The van der Waals surface area contributed by atoms with E-state index in [9.17, 15) is 0 Å². The monoisotopic (exact) mass is 138 g/mol. The van der Waals surface area contributed by atoms with Gasteiger partial charge in [0, 0.05) is 11.8 Å². The molecule has 4 nitrogen and oxygen atoms in total. The standard InChI is InChI=1S/C6H10N4/c1-5(3-7)6(8)10-4-9-2/h3-4,8H,2,7H2,1H3. The highest BCUT2D eigenvalue weighted by atomic mass is 14.9. The van der Waals surface area contributed by atoms with Gasteiger partial charge in [-0.1, -0.05) is 0 Å². The number of rotatable bonds is 2. The average Bonchev–Trinajstić information content (AvgIpc) is 1.98. The highest BCUT2D eigenvalue weighted by molar-refractivity contribution is 5.99. The maximum Gasteiger partial charge on any atom is 0.150 e. The maximum atomic E-state index is 7.16. The molecular formula is C6H10N4. The summed E-state index contributed by atoms with van der Waals surface area (Å²) in [5, 5.41) is 7.16. The highest BCUT2D eigenvalue weighted by Gasteiger charge is 1.91. The number of nitrogens with one attached hydrogen (secondary N) is 1. The van der Waals surface area contributed by atoms with Gasteiger partial charge < -0.3 is 5.73 Å². The summed E-state index contributed by atoms with van der Waals surface area (Å²) in [5.74, 6) is 0.106. The fourth-order valence-electron chi connectivity index (χ4n) is 0.279. The molecule has 0 atom stereocenters. The Kier molecular flexibility index (Phi) is 3.79. The second-order valence-electron chi connectivity index (χ2n) is 1.63. The van der Waals surface area contributed by atoms with Gasteiger partial charge in [-0.25, -0.2) is 4.99 Å². The van der Waals surface area contributed by atoms with E-state index < -0.39 is 0 Å². The van der Waals surface area contributed by atoms with Gasteiger partial charge >= 0.3 is 0 Å². The average molecular weight is 138 g/mol. The minimum atomic E-state index is 0.106. The second-order valence-corrected chi connectivity index (χ2v) is 1.63. The summed E-state index contributed by atoms with van der Waals surface area (Å²) in [6.45, 7) is 4.87. The van der Waals surface area contributed by atoms with Gasteiger partial charge in [-0.3, -0.25) is 10.4 Å². The van der Waals surface area contributed by atoms with Crippen molar-refractivity contribution in [3.63, 3.8) is 0 Å². The molecule has 0 saturated heterocycles. The van der Waals surface area contributed by atoms with Crippen molar-refractivity contribution in [2.75, 3.05) is 0 Å². The number of hydrogen-bond donors (Lipinski definition) is 2. The van der Waals surface area contributed by atoms with Crippen molar-refractivity contribution < 1.29 is 0 Å². The highest BCUT2D eigenvalue weighted by Crippen LogP contribution is 1.91. The Hall–Kier alpha value is -1.45. The fraction of sp³-hybridized carbons (Fsp3) is 0.167. The van der Waals surface area contributed by atoms with Crippen LogP contribution in [0.25, 0.3) is 0 Å². The molecule has 0 bridgehead atoms. The molecule has 0 aliphatic carbocycles. The molecule has 54 valence electrons. The van der Waals surface area contributed by atoms with E-state index in [2.05, 4.69) is 16.7 Å². The summed E-state index contributed by atoms with van der Waals surface area (Å²) >= 11 is 0. The van der Waals surface area contributed by atoms with Crippen LogP contribution < -0.4 is 5.73 Å². The van der Waals surface area contributed by atoms with Gasteiger partial charge in [-0.15, -0.1) is 0 Å². The Labute approximate surface area is 59.7 Å². The summed E-state index contributed by atoms with van der Waals surface area (Å²) in [6, 6.07) is 0. The van der Waals surface area contributed by atoms with Crippen LogP contribution in [0.1, 0.15) is 6.92 Å². The van der Waals surface area contributed by atoms with Gasteiger partial charge in [0.2, 0.25) is 0 Å². The van der Waals surface area contributed by atoms with Crippen LogP contribution in [0.3, 0.4) is 0 Å². The predicted octanol–water partition coefficient (Wildman–Crippen LogP) is 0.555. The van der Waals surface area contributed by atoms with E-state index in [1.54, 1.807) is 6.92 Å². The number of hydrogen-bond acceptors (Lipinski definition) is 2. The molecule has 0 aromatic rings. The predicted molar refractivity (Wildman–Crippen MR) is 43.7 cm³/mol. The van der Waals surface area contributed by atoms with Crippen molar-refractivity contribution in [1.29, 1.82) is 5.41 Å². The fourth-order valence-corrected chi connectivity index (χ4v) is 0.279. The van der Waals surface area contributed by atoms with Crippen molar-refractivity contribution in [1.82, 2.24) is 0 Å². The van der Waals surface area contributed by atoms with Crippen molar-refractivity contribution in [3.8, 4) is 0 Å². The second kappa shape index (κ2) is 4.43. The summed E-state index contributed by atoms with van der Waals surface area (Å²) in [7, 11) is 0. The van der Waals surface area contributed by atoms with E-state index in [-0.39, 0.29) is 5.84 Å². The lowest BCUT2D eigenvalue weighted by Gasteiger charge is -1.92. The van der Waals surface area contributed by atoms with Gasteiger partial charge in [0.15, 0.2) is 5.84 Å². The molecule has 0 unspecified atom stereocenters.